The van der Waals surface area contributed by atoms with Crippen molar-refractivity contribution in [3.8, 4) is 0 Å². The van der Waals surface area contributed by atoms with Gasteiger partial charge in [0.2, 0.25) is 0 Å². The summed E-state index contributed by atoms with van der Waals surface area (Å²) < 4.78 is 0. The minimum Gasteiger partial charge on any atom is -0.478 e. The van der Waals surface area contributed by atoms with Gasteiger partial charge in [0.1, 0.15) is 11.4 Å². The lowest BCUT2D eigenvalue weighted by Gasteiger charge is -2.28. The highest BCUT2D eigenvalue weighted by molar-refractivity contribution is 5.95. The minimum atomic E-state index is -0.877. The van der Waals surface area contributed by atoms with E-state index in [1.807, 2.05) is 19.9 Å². The molecule has 1 aromatic heterocycles. The molecule has 3 rings (SSSR count). The maximum atomic E-state index is 11.6. The van der Waals surface area contributed by atoms with E-state index in [4.69, 9.17) is 0 Å². The summed E-state index contributed by atoms with van der Waals surface area (Å²) in [6.07, 6.45) is 3.55. The van der Waals surface area contributed by atoms with Crippen molar-refractivity contribution >= 4 is 11.8 Å². The number of anilines is 1. The Hall–Kier alpha value is -1.62. The van der Waals surface area contributed by atoms with Gasteiger partial charge in [-0.25, -0.2) is 9.78 Å². The van der Waals surface area contributed by atoms with E-state index in [1.54, 1.807) is 0 Å². The summed E-state index contributed by atoms with van der Waals surface area (Å²) >= 11 is 0. The highest BCUT2D eigenvalue weighted by atomic mass is 16.4. The number of aromatic nitrogens is 1. The van der Waals surface area contributed by atoms with Crippen molar-refractivity contribution in [2.45, 2.75) is 45.2 Å². The van der Waals surface area contributed by atoms with Crippen molar-refractivity contribution in [1.82, 2.24) is 9.88 Å². The standard InChI is InChI=1S/C16H23N3O2/c1-10-8-11(2)17-15(14(10)16(20)21)19-7-6-12-4-5-13(9-19)18(12)3/h8,12-13H,4-7,9H2,1-3H3,(H,20,21). The van der Waals surface area contributed by atoms with Gasteiger partial charge in [-0.2, -0.15) is 0 Å². The Kier molecular flexibility index (Phi) is 3.61. The topological polar surface area (TPSA) is 56.7 Å². The molecule has 0 spiro atoms. The van der Waals surface area contributed by atoms with Gasteiger partial charge in [-0.15, -0.1) is 0 Å². The molecule has 0 amide bonds. The van der Waals surface area contributed by atoms with E-state index in [-0.39, 0.29) is 0 Å². The molecule has 2 aliphatic rings. The first-order chi connectivity index (χ1) is 9.97. The molecule has 0 aromatic carbocycles. The van der Waals surface area contributed by atoms with Gasteiger partial charge in [0.25, 0.3) is 0 Å². The Morgan fingerprint density at radius 1 is 1.29 bits per heavy atom. The Balaban J connectivity index is 1.98. The van der Waals surface area contributed by atoms with Crippen LogP contribution in [-0.4, -0.2) is 53.2 Å². The maximum absolute atomic E-state index is 11.6. The van der Waals surface area contributed by atoms with Crippen LogP contribution in [0.2, 0.25) is 0 Å². The zero-order valence-electron chi connectivity index (χ0n) is 13.0. The second-order valence-corrected chi connectivity index (χ2v) is 6.37. The maximum Gasteiger partial charge on any atom is 0.339 e. The lowest BCUT2D eigenvalue weighted by atomic mass is 10.1. The van der Waals surface area contributed by atoms with Gasteiger partial charge in [0, 0.05) is 30.9 Å². The molecule has 1 N–H and O–H groups in total. The predicted molar refractivity (Wildman–Crippen MR) is 82.1 cm³/mol. The van der Waals surface area contributed by atoms with Crippen LogP contribution < -0.4 is 4.90 Å². The summed E-state index contributed by atoms with van der Waals surface area (Å²) in [4.78, 5) is 20.8. The Morgan fingerprint density at radius 2 is 2.00 bits per heavy atom. The van der Waals surface area contributed by atoms with Crippen molar-refractivity contribution in [1.29, 1.82) is 0 Å². The van der Waals surface area contributed by atoms with Crippen molar-refractivity contribution in [2.75, 3.05) is 25.0 Å². The highest BCUT2D eigenvalue weighted by Gasteiger charge is 2.36. The van der Waals surface area contributed by atoms with Gasteiger partial charge in [0.05, 0.1) is 0 Å². The molecule has 0 aliphatic carbocycles. The Labute approximate surface area is 125 Å². The molecule has 5 nitrogen and oxygen atoms in total. The van der Waals surface area contributed by atoms with Gasteiger partial charge in [-0.3, -0.25) is 4.90 Å². The number of rotatable bonds is 2. The molecule has 1 aromatic rings. The fourth-order valence-electron chi connectivity index (χ4n) is 3.81. The van der Waals surface area contributed by atoms with Crippen LogP contribution in [0.5, 0.6) is 0 Å². The normalized spacial score (nSPS) is 26.0. The van der Waals surface area contributed by atoms with Gasteiger partial charge in [-0.05, 0) is 51.8 Å². The van der Waals surface area contributed by atoms with Crippen LogP contribution in [0, 0.1) is 13.8 Å². The van der Waals surface area contributed by atoms with Crippen LogP contribution in [0.15, 0.2) is 6.07 Å². The quantitative estimate of drug-likeness (QED) is 0.903. The first-order valence-corrected chi connectivity index (χ1v) is 7.65. The second-order valence-electron chi connectivity index (χ2n) is 6.37. The molecular formula is C16H23N3O2. The lowest BCUT2D eigenvalue weighted by Crippen LogP contribution is -2.37. The van der Waals surface area contributed by atoms with Crippen molar-refractivity contribution < 1.29 is 9.90 Å². The molecule has 21 heavy (non-hydrogen) atoms. The summed E-state index contributed by atoms with van der Waals surface area (Å²) in [6.45, 7) is 5.56. The number of aryl methyl sites for hydroxylation is 2. The second kappa shape index (κ2) is 5.30. The SMILES string of the molecule is Cc1cc(C)c(C(=O)O)c(N2CCC3CCC(C2)N3C)n1. The minimum absolute atomic E-state index is 0.362. The molecule has 2 atom stereocenters. The van der Waals surface area contributed by atoms with E-state index < -0.39 is 5.97 Å². The van der Waals surface area contributed by atoms with Gasteiger partial charge in [-0.1, -0.05) is 0 Å². The first-order valence-electron chi connectivity index (χ1n) is 7.65. The van der Waals surface area contributed by atoms with Gasteiger partial charge in [0.15, 0.2) is 0 Å². The number of carboxylic acid groups (broad SMARTS) is 1. The van der Waals surface area contributed by atoms with Crippen LogP contribution >= 0.6 is 0 Å². The summed E-state index contributed by atoms with van der Waals surface area (Å²) in [5.74, 6) is -0.223. The molecule has 2 aliphatic heterocycles. The summed E-state index contributed by atoms with van der Waals surface area (Å²) in [5.41, 5.74) is 2.05. The van der Waals surface area contributed by atoms with Crippen molar-refractivity contribution in [2.24, 2.45) is 0 Å². The summed E-state index contributed by atoms with van der Waals surface area (Å²) in [7, 11) is 2.19. The lowest BCUT2D eigenvalue weighted by molar-refractivity contribution is 0.0696. The number of likely N-dealkylation sites (N-methyl/N-ethyl adjacent to an activating group) is 1. The van der Waals surface area contributed by atoms with E-state index in [9.17, 15) is 9.90 Å². The number of pyridine rings is 1. The predicted octanol–water partition coefficient (Wildman–Crippen LogP) is 2.07. The zero-order valence-corrected chi connectivity index (χ0v) is 13.0. The molecular weight excluding hydrogens is 266 g/mol. The third kappa shape index (κ3) is 2.50. The van der Waals surface area contributed by atoms with Gasteiger partial charge >= 0.3 is 5.97 Å². The van der Waals surface area contributed by atoms with Crippen LogP contribution in [0.1, 0.15) is 40.9 Å². The van der Waals surface area contributed by atoms with Crippen LogP contribution in [-0.2, 0) is 0 Å². The van der Waals surface area contributed by atoms with E-state index in [1.165, 1.54) is 12.8 Å². The summed E-state index contributed by atoms with van der Waals surface area (Å²) in [6, 6.07) is 3.00. The number of carbonyl (C=O) groups is 1. The van der Waals surface area contributed by atoms with E-state index in [0.29, 0.717) is 23.5 Å². The molecule has 0 radical (unpaired) electrons. The number of fused-ring (bicyclic) bond motifs is 2. The smallest absolute Gasteiger partial charge is 0.339 e. The number of hydrogen-bond donors (Lipinski definition) is 1. The molecule has 2 unspecified atom stereocenters. The van der Waals surface area contributed by atoms with Crippen LogP contribution in [0.4, 0.5) is 5.82 Å². The number of carboxylic acids is 1. The number of aromatic carboxylic acids is 1. The third-order valence-electron chi connectivity index (χ3n) is 4.99. The molecule has 2 fully saturated rings. The van der Waals surface area contributed by atoms with Crippen LogP contribution in [0.25, 0.3) is 0 Å². The highest BCUT2D eigenvalue weighted by Crippen LogP contribution is 2.32. The molecule has 114 valence electrons. The summed E-state index contributed by atoms with van der Waals surface area (Å²) in [5, 5.41) is 9.55. The molecule has 5 heteroatoms. The van der Waals surface area contributed by atoms with Crippen molar-refractivity contribution in [3.63, 3.8) is 0 Å². The molecule has 3 heterocycles. The average molecular weight is 289 g/mol. The number of hydrogen-bond acceptors (Lipinski definition) is 4. The largest absolute Gasteiger partial charge is 0.478 e. The number of nitrogens with zero attached hydrogens (tertiary/aromatic N) is 3. The first kappa shape index (κ1) is 14.3. The van der Waals surface area contributed by atoms with Gasteiger partial charge < -0.3 is 10.0 Å². The average Bonchev–Trinajstić information content (AvgIpc) is 2.61. The van der Waals surface area contributed by atoms with Crippen LogP contribution in [0.3, 0.4) is 0 Å². The third-order valence-corrected chi connectivity index (χ3v) is 4.99. The fourth-order valence-corrected chi connectivity index (χ4v) is 3.81. The fraction of sp³-hybridized carbons (Fsp3) is 0.625. The van der Waals surface area contributed by atoms with Crippen molar-refractivity contribution in [3.05, 3.63) is 22.9 Å². The Bertz CT molecular complexity index is 573. The molecule has 2 saturated heterocycles. The monoisotopic (exact) mass is 289 g/mol. The zero-order chi connectivity index (χ0) is 15.1. The van der Waals surface area contributed by atoms with E-state index in [0.717, 1.165) is 30.8 Å². The van der Waals surface area contributed by atoms with E-state index >= 15 is 0 Å². The molecule has 2 bridgehead atoms. The molecule has 0 saturated carbocycles. The van der Waals surface area contributed by atoms with E-state index in [2.05, 4.69) is 21.8 Å². The Morgan fingerprint density at radius 3 is 2.71 bits per heavy atom.